The second kappa shape index (κ2) is 4.32. The molecule has 0 aliphatic rings. The summed E-state index contributed by atoms with van der Waals surface area (Å²) in [5.41, 5.74) is 0.136. The van der Waals surface area contributed by atoms with Crippen molar-refractivity contribution in [2.45, 2.75) is 13.8 Å². The summed E-state index contributed by atoms with van der Waals surface area (Å²) in [6.07, 6.45) is 0.532. The lowest BCUT2D eigenvalue weighted by Crippen LogP contribution is -1.92. The Hall–Kier alpha value is 0.480. The van der Waals surface area contributed by atoms with Crippen LogP contribution >= 0.6 is 19.0 Å². The molecule has 0 fully saturated rings. The molecule has 0 heterocycles. The average Bonchev–Trinajstić information content (AvgIpc) is 1.89. The van der Waals surface area contributed by atoms with Gasteiger partial charge in [0.2, 0.25) is 7.37 Å². The minimum absolute atomic E-state index is 0.136. The Balaban J connectivity index is 3.78. The van der Waals surface area contributed by atoms with Crippen LogP contribution < -0.4 is 0 Å². The van der Waals surface area contributed by atoms with Gasteiger partial charge in [0.05, 0.1) is 12.2 Å². The van der Waals surface area contributed by atoms with Crippen LogP contribution in [0.25, 0.3) is 0 Å². The normalized spacial score (nSPS) is 17.2. The Bertz CT molecular complexity index is 108. The first-order valence-corrected chi connectivity index (χ1v) is 5.50. The number of rotatable bonds is 4. The van der Waals surface area contributed by atoms with Crippen LogP contribution in [0.15, 0.2) is 0 Å². The molecule has 0 spiro atoms. The van der Waals surface area contributed by atoms with E-state index in [2.05, 4.69) is 0 Å². The fourth-order valence-corrected chi connectivity index (χ4v) is 2.05. The molecule has 0 radical (unpaired) electrons. The van der Waals surface area contributed by atoms with Gasteiger partial charge in [0.1, 0.15) is 0 Å². The fraction of sp³-hybridized carbons (Fsp3) is 1.00. The van der Waals surface area contributed by atoms with Gasteiger partial charge in [-0.1, -0.05) is 6.92 Å². The molecule has 0 N–H and O–H groups in total. The van der Waals surface area contributed by atoms with Gasteiger partial charge >= 0.3 is 0 Å². The Kier molecular flexibility index (Phi) is 4.55. The molecule has 0 bridgehead atoms. The van der Waals surface area contributed by atoms with Gasteiger partial charge in [-0.3, -0.25) is 4.57 Å². The average molecular weight is 171 g/mol. The Labute approximate surface area is 61.0 Å². The van der Waals surface area contributed by atoms with E-state index < -0.39 is 7.37 Å². The van der Waals surface area contributed by atoms with E-state index in [1.807, 2.05) is 13.8 Å². The Morgan fingerprint density at radius 1 is 1.56 bits per heavy atom. The van der Waals surface area contributed by atoms with Gasteiger partial charge in [0, 0.05) is 6.16 Å². The number of alkyl halides is 1. The maximum atomic E-state index is 11.2. The summed E-state index contributed by atoms with van der Waals surface area (Å²) in [5.74, 6) is 0. The largest absolute Gasteiger partial charge is 0.328 e. The van der Waals surface area contributed by atoms with Crippen molar-refractivity contribution in [2.24, 2.45) is 0 Å². The highest BCUT2D eigenvalue weighted by Gasteiger charge is 2.16. The Morgan fingerprint density at radius 3 is 2.22 bits per heavy atom. The van der Waals surface area contributed by atoms with Crippen molar-refractivity contribution in [3.8, 4) is 0 Å². The lowest BCUT2D eigenvalue weighted by Gasteiger charge is -2.10. The van der Waals surface area contributed by atoms with Crippen molar-refractivity contribution in [3.05, 3.63) is 0 Å². The van der Waals surface area contributed by atoms with Gasteiger partial charge < -0.3 is 4.52 Å². The molecule has 0 aromatic heterocycles. The van der Waals surface area contributed by atoms with Crippen LogP contribution in [0.3, 0.4) is 0 Å². The van der Waals surface area contributed by atoms with Crippen molar-refractivity contribution >= 4 is 19.0 Å². The molecule has 0 rings (SSSR count). The first kappa shape index (κ1) is 9.48. The molecule has 4 heteroatoms. The van der Waals surface area contributed by atoms with Crippen LogP contribution in [0, 0.1) is 0 Å². The van der Waals surface area contributed by atoms with E-state index in [0.29, 0.717) is 12.8 Å². The molecule has 0 amide bonds. The van der Waals surface area contributed by atoms with Gasteiger partial charge in [-0.25, -0.2) is 0 Å². The van der Waals surface area contributed by atoms with Crippen molar-refractivity contribution in [3.63, 3.8) is 0 Å². The maximum Gasteiger partial charge on any atom is 0.217 e. The van der Waals surface area contributed by atoms with E-state index in [9.17, 15) is 4.57 Å². The van der Waals surface area contributed by atoms with Gasteiger partial charge in [-0.05, 0) is 6.92 Å². The van der Waals surface area contributed by atoms with Crippen LogP contribution in [-0.2, 0) is 9.09 Å². The summed E-state index contributed by atoms with van der Waals surface area (Å²) < 4.78 is 16.1. The summed E-state index contributed by atoms with van der Waals surface area (Å²) in [4.78, 5) is 0. The fourth-order valence-electron chi connectivity index (χ4n) is 0.446. The van der Waals surface area contributed by atoms with Gasteiger partial charge in [-0.15, -0.1) is 11.6 Å². The highest BCUT2D eigenvalue weighted by atomic mass is 35.5. The quantitative estimate of drug-likeness (QED) is 0.479. The van der Waals surface area contributed by atoms with E-state index in [0.717, 1.165) is 0 Å². The summed E-state index contributed by atoms with van der Waals surface area (Å²) >= 11 is 5.40. The van der Waals surface area contributed by atoms with Crippen LogP contribution in [-0.4, -0.2) is 18.4 Å². The first-order chi connectivity index (χ1) is 4.18. The molecule has 56 valence electrons. The minimum Gasteiger partial charge on any atom is -0.328 e. The zero-order valence-electron chi connectivity index (χ0n) is 5.76. The highest BCUT2D eigenvalue weighted by Crippen LogP contribution is 2.46. The lowest BCUT2D eigenvalue weighted by molar-refractivity contribution is 0.337. The third-order valence-electron chi connectivity index (χ3n) is 1.03. The number of hydrogen-bond acceptors (Lipinski definition) is 2. The zero-order chi connectivity index (χ0) is 7.33. The molecule has 2 nitrogen and oxygen atoms in total. The topological polar surface area (TPSA) is 26.3 Å². The van der Waals surface area contributed by atoms with Crippen molar-refractivity contribution in [1.29, 1.82) is 0 Å². The van der Waals surface area contributed by atoms with Crippen LogP contribution in [0.5, 0.6) is 0 Å². The molecular weight excluding hydrogens is 158 g/mol. The van der Waals surface area contributed by atoms with Crippen molar-refractivity contribution in [2.75, 3.05) is 18.4 Å². The third-order valence-corrected chi connectivity index (χ3v) is 4.18. The van der Waals surface area contributed by atoms with E-state index in [1.54, 1.807) is 0 Å². The van der Waals surface area contributed by atoms with Gasteiger partial charge in [0.15, 0.2) is 0 Å². The van der Waals surface area contributed by atoms with Crippen LogP contribution in [0.2, 0.25) is 0 Å². The summed E-state index contributed by atoms with van der Waals surface area (Å²) in [6.45, 7) is 4.12. The van der Waals surface area contributed by atoms with Crippen molar-refractivity contribution in [1.82, 2.24) is 0 Å². The van der Waals surface area contributed by atoms with Crippen LogP contribution in [0.1, 0.15) is 13.8 Å². The molecule has 1 atom stereocenters. The van der Waals surface area contributed by atoms with E-state index in [-0.39, 0.29) is 5.62 Å². The summed E-state index contributed by atoms with van der Waals surface area (Å²) in [7, 11) is -2.42. The molecule has 0 saturated carbocycles. The number of hydrogen-bond donors (Lipinski definition) is 0. The van der Waals surface area contributed by atoms with E-state index >= 15 is 0 Å². The molecule has 0 saturated heterocycles. The summed E-state index contributed by atoms with van der Waals surface area (Å²) in [5, 5.41) is 0. The predicted octanol–water partition coefficient (Wildman–Crippen LogP) is 2.52. The second-order valence-corrected chi connectivity index (χ2v) is 5.14. The maximum absolute atomic E-state index is 11.2. The van der Waals surface area contributed by atoms with Gasteiger partial charge in [0.25, 0.3) is 0 Å². The standard InChI is InChI=1S/C5H12ClO2P/c1-3-8-9(7,4-2)5-6/h3-5H2,1-2H3/t9-/m0/s1. The molecular formula is C5H12ClO2P. The third kappa shape index (κ3) is 3.24. The van der Waals surface area contributed by atoms with Crippen LogP contribution in [0.4, 0.5) is 0 Å². The van der Waals surface area contributed by atoms with Gasteiger partial charge in [-0.2, -0.15) is 0 Å². The first-order valence-electron chi connectivity index (χ1n) is 2.97. The minimum atomic E-state index is -2.42. The molecule has 0 aromatic rings. The molecule has 0 aliphatic heterocycles. The lowest BCUT2D eigenvalue weighted by atomic mass is 10.9. The summed E-state index contributed by atoms with van der Waals surface area (Å²) in [6, 6.07) is 0. The number of halogens is 1. The monoisotopic (exact) mass is 170 g/mol. The van der Waals surface area contributed by atoms with E-state index in [1.165, 1.54) is 0 Å². The zero-order valence-corrected chi connectivity index (χ0v) is 7.41. The molecule has 0 unspecified atom stereocenters. The predicted molar refractivity (Wildman–Crippen MR) is 40.5 cm³/mol. The SMILES string of the molecule is CCO[P@@](=O)(CC)CCl. The molecule has 0 aliphatic carbocycles. The van der Waals surface area contributed by atoms with Crippen molar-refractivity contribution < 1.29 is 9.09 Å². The Morgan fingerprint density at radius 2 is 2.11 bits per heavy atom. The molecule has 0 aromatic carbocycles. The highest BCUT2D eigenvalue weighted by molar-refractivity contribution is 7.60. The smallest absolute Gasteiger partial charge is 0.217 e. The molecule has 9 heavy (non-hydrogen) atoms. The van der Waals surface area contributed by atoms with E-state index in [4.69, 9.17) is 16.1 Å². The second-order valence-electron chi connectivity index (χ2n) is 1.67.